The van der Waals surface area contributed by atoms with Gasteiger partial charge in [0.1, 0.15) is 17.5 Å². The van der Waals surface area contributed by atoms with Crippen molar-refractivity contribution >= 4 is 5.97 Å². The lowest BCUT2D eigenvalue weighted by molar-refractivity contribution is -0.138. The molecule has 0 unspecified atom stereocenters. The zero-order valence-corrected chi connectivity index (χ0v) is 10.2. The van der Waals surface area contributed by atoms with Crippen LogP contribution in [0.25, 0.3) is 0 Å². The third-order valence-electron chi connectivity index (χ3n) is 2.55. The van der Waals surface area contributed by atoms with E-state index in [1.165, 1.54) is 7.11 Å². The molecule has 1 aromatic carbocycles. The average Bonchev–Trinajstić information content (AvgIpc) is 2.30. The predicted octanol–water partition coefficient (Wildman–Crippen LogP) is 0.967. The van der Waals surface area contributed by atoms with Gasteiger partial charge in [-0.25, -0.2) is 0 Å². The summed E-state index contributed by atoms with van der Waals surface area (Å²) < 4.78 is 10.4. The third-order valence-corrected chi connectivity index (χ3v) is 2.55. The van der Waals surface area contributed by atoms with Crippen LogP contribution in [0.2, 0.25) is 0 Å². The van der Waals surface area contributed by atoms with E-state index in [1.807, 2.05) is 13.0 Å². The van der Waals surface area contributed by atoms with Crippen LogP contribution in [0.15, 0.2) is 12.1 Å². The van der Waals surface area contributed by atoms with Gasteiger partial charge < -0.3 is 20.3 Å². The molecule has 0 aliphatic carbocycles. The predicted molar refractivity (Wildman–Crippen MR) is 63.6 cm³/mol. The summed E-state index contributed by atoms with van der Waals surface area (Å²) in [5.41, 5.74) is 7.16. The van der Waals surface area contributed by atoms with Gasteiger partial charge in [0.15, 0.2) is 0 Å². The number of aliphatic carboxylic acids is 1. The molecule has 5 heteroatoms. The molecule has 0 saturated heterocycles. The third kappa shape index (κ3) is 3.10. The minimum absolute atomic E-state index is 0.204. The van der Waals surface area contributed by atoms with E-state index in [0.717, 1.165) is 11.1 Å². The number of hydrogen-bond acceptors (Lipinski definition) is 4. The highest BCUT2D eigenvalue weighted by atomic mass is 16.5. The smallest absolute Gasteiger partial charge is 0.320 e. The van der Waals surface area contributed by atoms with Crippen molar-refractivity contribution in [3.05, 3.63) is 23.3 Å². The number of benzene rings is 1. The fourth-order valence-electron chi connectivity index (χ4n) is 1.60. The maximum Gasteiger partial charge on any atom is 0.320 e. The Bertz CT molecular complexity index is 417. The van der Waals surface area contributed by atoms with E-state index in [4.69, 9.17) is 20.3 Å². The van der Waals surface area contributed by atoms with E-state index in [2.05, 4.69) is 0 Å². The minimum Gasteiger partial charge on any atom is -0.496 e. The van der Waals surface area contributed by atoms with Crippen LogP contribution in [0, 0.1) is 6.92 Å². The molecule has 0 heterocycles. The highest BCUT2D eigenvalue weighted by Crippen LogP contribution is 2.28. The fourth-order valence-corrected chi connectivity index (χ4v) is 1.60. The lowest BCUT2D eigenvalue weighted by Gasteiger charge is -2.14. The van der Waals surface area contributed by atoms with Crippen molar-refractivity contribution < 1.29 is 19.4 Å². The van der Waals surface area contributed by atoms with Crippen molar-refractivity contribution in [3.63, 3.8) is 0 Å². The maximum atomic E-state index is 10.7. The second-order valence-corrected chi connectivity index (χ2v) is 3.78. The van der Waals surface area contributed by atoms with Gasteiger partial charge in [0.05, 0.1) is 14.2 Å². The molecule has 5 nitrogen and oxygen atoms in total. The van der Waals surface area contributed by atoms with E-state index in [-0.39, 0.29) is 6.42 Å². The van der Waals surface area contributed by atoms with Crippen LogP contribution in [0.1, 0.15) is 11.1 Å². The number of carboxylic acids is 1. The van der Waals surface area contributed by atoms with E-state index in [1.54, 1.807) is 13.2 Å². The molecule has 0 amide bonds. The van der Waals surface area contributed by atoms with Gasteiger partial charge in [-0.15, -0.1) is 0 Å². The number of ether oxygens (including phenoxy) is 2. The molecule has 3 N–H and O–H groups in total. The molecule has 0 bridgehead atoms. The Hall–Kier alpha value is -1.75. The van der Waals surface area contributed by atoms with Crippen molar-refractivity contribution in [2.45, 2.75) is 19.4 Å². The first-order valence-electron chi connectivity index (χ1n) is 5.19. The second kappa shape index (κ2) is 5.54. The summed E-state index contributed by atoms with van der Waals surface area (Å²) in [6.45, 7) is 1.89. The van der Waals surface area contributed by atoms with Crippen LogP contribution in [0.4, 0.5) is 0 Å². The van der Waals surface area contributed by atoms with Gasteiger partial charge >= 0.3 is 5.97 Å². The van der Waals surface area contributed by atoms with Gasteiger partial charge in [0.2, 0.25) is 0 Å². The molecule has 0 radical (unpaired) electrons. The van der Waals surface area contributed by atoms with Crippen molar-refractivity contribution in [3.8, 4) is 11.5 Å². The van der Waals surface area contributed by atoms with Crippen molar-refractivity contribution in [1.29, 1.82) is 0 Å². The van der Waals surface area contributed by atoms with Gasteiger partial charge in [0, 0.05) is 6.42 Å². The van der Waals surface area contributed by atoms with Crippen LogP contribution < -0.4 is 15.2 Å². The van der Waals surface area contributed by atoms with Crippen LogP contribution in [0.5, 0.6) is 11.5 Å². The van der Waals surface area contributed by atoms with Gasteiger partial charge in [-0.2, -0.15) is 0 Å². The molecule has 94 valence electrons. The number of hydrogen-bond donors (Lipinski definition) is 2. The lowest BCUT2D eigenvalue weighted by Crippen LogP contribution is -2.32. The molecule has 0 fully saturated rings. The van der Waals surface area contributed by atoms with Crippen LogP contribution in [0.3, 0.4) is 0 Å². The number of carboxylic acid groups (broad SMARTS) is 1. The standard InChI is InChI=1S/C12H17NO4/c1-7-4-11(17-3)8(6-10(7)16-2)5-9(13)12(14)15/h4,6,9H,5,13H2,1-3H3,(H,14,15)/t9-/m0/s1. The minimum atomic E-state index is -1.04. The topological polar surface area (TPSA) is 81.8 Å². The Kier molecular flexibility index (Phi) is 4.34. The Balaban J connectivity index is 3.08. The number of rotatable bonds is 5. The molecule has 0 spiro atoms. The Morgan fingerprint density at radius 2 is 1.94 bits per heavy atom. The Morgan fingerprint density at radius 1 is 1.35 bits per heavy atom. The summed E-state index contributed by atoms with van der Waals surface area (Å²) in [7, 11) is 3.10. The van der Waals surface area contributed by atoms with Crippen molar-refractivity contribution in [2.24, 2.45) is 5.73 Å². The van der Waals surface area contributed by atoms with Gasteiger partial charge in [-0.3, -0.25) is 4.79 Å². The zero-order chi connectivity index (χ0) is 13.0. The monoisotopic (exact) mass is 239 g/mol. The van der Waals surface area contributed by atoms with Gasteiger partial charge in [0.25, 0.3) is 0 Å². The number of aryl methyl sites for hydroxylation is 1. The molecule has 1 rings (SSSR count). The summed E-state index contributed by atoms with van der Waals surface area (Å²) >= 11 is 0. The largest absolute Gasteiger partial charge is 0.496 e. The molecule has 0 aliphatic rings. The fraction of sp³-hybridized carbons (Fsp3) is 0.417. The first-order chi connectivity index (χ1) is 7.99. The summed E-state index contributed by atoms with van der Waals surface area (Å²) in [6.07, 6.45) is 0.204. The highest BCUT2D eigenvalue weighted by molar-refractivity contribution is 5.73. The van der Waals surface area contributed by atoms with E-state index < -0.39 is 12.0 Å². The second-order valence-electron chi connectivity index (χ2n) is 3.78. The molecule has 0 aliphatic heterocycles. The number of methoxy groups -OCH3 is 2. The summed E-state index contributed by atoms with van der Waals surface area (Å²) in [4.78, 5) is 10.7. The number of carbonyl (C=O) groups is 1. The van der Waals surface area contributed by atoms with Crippen molar-refractivity contribution in [2.75, 3.05) is 14.2 Å². The molecule has 1 aromatic rings. The Labute approximate surface area is 100 Å². The van der Waals surface area contributed by atoms with E-state index >= 15 is 0 Å². The first-order valence-corrected chi connectivity index (χ1v) is 5.19. The van der Waals surface area contributed by atoms with Crippen molar-refractivity contribution in [1.82, 2.24) is 0 Å². The molecule has 1 atom stereocenters. The molecule has 17 heavy (non-hydrogen) atoms. The average molecular weight is 239 g/mol. The quantitative estimate of drug-likeness (QED) is 0.800. The highest BCUT2D eigenvalue weighted by Gasteiger charge is 2.16. The van der Waals surface area contributed by atoms with Gasteiger partial charge in [-0.1, -0.05) is 0 Å². The molecular formula is C12H17NO4. The molecular weight excluding hydrogens is 222 g/mol. The SMILES string of the molecule is COc1cc(C[C@H](N)C(=O)O)c(OC)cc1C. The summed E-state index contributed by atoms with van der Waals surface area (Å²) in [5, 5.41) is 8.79. The molecule has 0 saturated carbocycles. The van der Waals surface area contributed by atoms with Crippen LogP contribution >= 0.6 is 0 Å². The zero-order valence-electron chi connectivity index (χ0n) is 10.2. The summed E-state index contributed by atoms with van der Waals surface area (Å²) in [5.74, 6) is 0.282. The Morgan fingerprint density at radius 3 is 2.41 bits per heavy atom. The van der Waals surface area contributed by atoms with E-state index in [0.29, 0.717) is 11.5 Å². The van der Waals surface area contributed by atoms with E-state index in [9.17, 15) is 4.79 Å². The first kappa shape index (κ1) is 13.3. The van der Waals surface area contributed by atoms with Crippen LogP contribution in [-0.2, 0) is 11.2 Å². The van der Waals surface area contributed by atoms with Gasteiger partial charge in [-0.05, 0) is 30.2 Å². The lowest BCUT2D eigenvalue weighted by atomic mass is 10.0. The normalized spacial score (nSPS) is 12.0. The van der Waals surface area contributed by atoms with Crippen LogP contribution in [-0.4, -0.2) is 31.3 Å². The number of nitrogens with two attached hydrogens (primary N) is 1. The molecule has 0 aromatic heterocycles. The maximum absolute atomic E-state index is 10.7. The summed E-state index contributed by atoms with van der Waals surface area (Å²) in [6, 6.07) is 2.62.